The van der Waals surface area contributed by atoms with Gasteiger partial charge in [-0.15, -0.1) is 0 Å². The topological polar surface area (TPSA) is 46.9 Å². The van der Waals surface area contributed by atoms with Crippen molar-refractivity contribution >= 4 is 11.4 Å². The summed E-state index contributed by atoms with van der Waals surface area (Å²) in [5.74, 6) is 0.615. The molecule has 256 valence electrons. The number of para-hydroxylation sites is 2. The van der Waals surface area contributed by atoms with Gasteiger partial charge in [0.25, 0.3) is 0 Å². The first kappa shape index (κ1) is 30.0. The van der Waals surface area contributed by atoms with Crippen molar-refractivity contribution in [1.29, 1.82) is 0 Å². The highest BCUT2D eigenvalue weighted by atomic mass is 16.3. The van der Waals surface area contributed by atoms with E-state index >= 15 is 0 Å². The number of aliphatic hydroxyl groups excluding tert-OH is 2. The van der Waals surface area contributed by atoms with Gasteiger partial charge in [0.15, 0.2) is 0 Å². The number of quaternary nitrogens is 2. The lowest BCUT2D eigenvalue weighted by Gasteiger charge is -2.59. The summed E-state index contributed by atoms with van der Waals surface area (Å²) in [7, 11) is 0. The van der Waals surface area contributed by atoms with Gasteiger partial charge >= 0.3 is 0 Å². The third kappa shape index (κ3) is 3.24. The normalized spacial score (nSPS) is 45.5. The molecule has 9 aliphatic rings. The van der Waals surface area contributed by atoms with Crippen LogP contribution in [0.5, 0.6) is 0 Å². The highest BCUT2D eigenvalue weighted by Crippen LogP contribution is 2.69. The predicted octanol–water partition coefficient (Wildman–Crippen LogP) is 5.48. The van der Waals surface area contributed by atoms with Gasteiger partial charge < -0.3 is 29.0 Å². The Morgan fingerprint density at radius 1 is 0.680 bits per heavy atom. The van der Waals surface area contributed by atoms with Crippen molar-refractivity contribution in [2.24, 2.45) is 11.8 Å². The van der Waals surface area contributed by atoms with Crippen LogP contribution < -0.4 is 9.80 Å². The van der Waals surface area contributed by atoms with Gasteiger partial charge in [0.2, 0.25) is 0 Å². The Morgan fingerprint density at radius 2 is 1.12 bits per heavy atom. The number of nitrogens with zero attached hydrogens (tertiary/aromatic N) is 4. The van der Waals surface area contributed by atoms with E-state index in [0.717, 1.165) is 73.9 Å². The predicted molar refractivity (Wildman–Crippen MR) is 198 cm³/mol. The highest BCUT2D eigenvalue weighted by molar-refractivity contribution is 5.77. The number of hydrogen-bond acceptors (Lipinski definition) is 4. The highest BCUT2D eigenvalue weighted by Gasteiger charge is 2.75. The molecule has 6 heteroatoms. The molecule has 10 unspecified atom stereocenters. The molecule has 0 aromatic heterocycles. The van der Waals surface area contributed by atoms with Crippen LogP contribution in [0, 0.1) is 11.8 Å². The summed E-state index contributed by atoms with van der Waals surface area (Å²) in [5.41, 5.74) is 11.8. The Bertz CT molecular complexity index is 1850. The molecule has 2 aromatic carbocycles. The fourth-order valence-corrected chi connectivity index (χ4v) is 14.6. The van der Waals surface area contributed by atoms with E-state index in [1.165, 1.54) is 33.6 Å². The minimum Gasteiger partial charge on any atom is -0.392 e. The van der Waals surface area contributed by atoms with E-state index in [-0.39, 0.29) is 36.1 Å². The van der Waals surface area contributed by atoms with E-state index < -0.39 is 0 Å². The van der Waals surface area contributed by atoms with Crippen molar-refractivity contribution < 1.29 is 19.2 Å². The van der Waals surface area contributed by atoms with Crippen LogP contribution in [0.1, 0.15) is 36.8 Å². The summed E-state index contributed by atoms with van der Waals surface area (Å²) < 4.78 is 2.12. The molecule has 6 fully saturated rings. The van der Waals surface area contributed by atoms with Crippen molar-refractivity contribution in [2.75, 3.05) is 62.3 Å². The molecule has 2 saturated carbocycles. The van der Waals surface area contributed by atoms with Crippen LogP contribution in [0.4, 0.5) is 11.4 Å². The van der Waals surface area contributed by atoms with Gasteiger partial charge in [-0.25, -0.2) is 0 Å². The molecule has 10 atom stereocenters. The maximum absolute atomic E-state index is 10.5. The summed E-state index contributed by atoms with van der Waals surface area (Å²) in [4.78, 5) is 5.54. The van der Waals surface area contributed by atoms with Gasteiger partial charge in [-0.05, 0) is 57.7 Å². The van der Waals surface area contributed by atoms with Crippen molar-refractivity contribution in [3.8, 4) is 0 Å². The van der Waals surface area contributed by atoms with Gasteiger partial charge in [-0.2, -0.15) is 0 Å². The Morgan fingerprint density at radius 3 is 1.54 bits per heavy atom. The van der Waals surface area contributed by atoms with E-state index in [1.54, 1.807) is 11.1 Å². The molecule has 2 N–H and O–H groups in total. The Balaban J connectivity index is 1.22. The van der Waals surface area contributed by atoms with E-state index in [1.807, 2.05) is 0 Å². The number of fused-ring (bicyclic) bond motifs is 8. The van der Waals surface area contributed by atoms with E-state index in [0.29, 0.717) is 23.9 Å². The summed E-state index contributed by atoms with van der Waals surface area (Å²) >= 11 is 0. The largest absolute Gasteiger partial charge is 0.392 e. The number of piperidine rings is 2. The standard InChI is InChI=1S/C44H50N4O2/c1-3-17-47-19-15-43-35-9-5-7-11-37(35)45-26-34-32-24-40-44(16-20-48(40,18-4-2)28-30(32)14-22-50)36-10-6-8-12-38(36)46(42(34)44)25-33(41(43)45)31(23-39(43)47)29(27-47)13-21-49/h3-14,25-26,31-32,39-42,49-50H,1-2,15-24,27-28H2/q+2/b29-13+,30-14+,33-25-,34-26-. The van der Waals surface area contributed by atoms with E-state index in [4.69, 9.17) is 0 Å². The molecule has 50 heavy (non-hydrogen) atoms. The summed E-state index contributed by atoms with van der Waals surface area (Å²) in [6.45, 7) is 15.0. The molecule has 4 bridgehead atoms. The number of anilines is 2. The van der Waals surface area contributed by atoms with Crippen molar-refractivity contribution in [1.82, 2.24) is 0 Å². The summed E-state index contributed by atoms with van der Waals surface area (Å²) in [6.07, 6.45) is 18.6. The van der Waals surface area contributed by atoms with Gasteiger partial charge in [0.1, 0.15) is 25.2 Å². The molecule has 2 aromatic rings. The zero-order valence-electron chi connectivity index (χ0n) is 29.1. The Labute approximate surface area is 296 Å². The van der Waals surface area contributed by atoms with Crippen LogP contribution in [-0.4, -0.2) is 95.8 Å². The summed E-state index contributed by atoms with van der Waals surface area (Å²) in [6, 6.07) is 20.3. The van der Waals surface area contributed by atoms with Crippen LogP contribution in [0.15, 0.2) is 121 Å². The van der Waals surface area contributed by atoms with Gasteiger partial charge in [-0.3, -0.25) is 0 Å². The molecule has 11 rings (SSSR count). The number of benzene rings is 2. The SMILES string of the molecule is C=CC[N+]12CCC34c5ccccc5N5/C=C6/C7CC8C9(CC[N+]8(CC=C)C/C7=C\CO)c7ccccc7N(/C=C(/C(CC31)/C(=C/CO)C2)C54)C69. The molecule has 7 aliphatic heterocycles. The molecule has 0 amide bonds. The average molecular weight is 667 g/mol. The van der Waals surface area contributed by atoms with Gasteiger partial charge in [0, 0.05) is 61.3 Å². The van der Waals surface area contributed by atoms with Crippen LogP contribution in [-0.2, 0) is 10.8 Å². The lowest BCUT2D eigenvalue weighted by Crippen LogP contribution is -2.69. The molecule has 7 heterocycles. The maximum atomic E-state index is 10.5. The third-order valence-electron chi connectivity index (χ3n) is 15.9. The number of hydrogen-bond donors (Lipinski definition) is 2. The molecular formula is C44H50N4O2+2. The first-order chi connectivity index (χ1) is 24.5. The number of aliphatic hydroxyl groups is 2. The lowest BCUT2D eigenvalue weighted by atomic mass is 9.56. The lowest BCUT2D eigenvalue weighted by molar-refractivity contribution is -0.937. The Kier molecular flexibility index (Phi) is 6.00. The zero-order valence-corrected chi connectivity index (χ0v) is 29.1. The first-order valence-electron chi connectivity index (χ1n) is 19.2. The average Bonchev–Trinajstić information content (AvgIpc) is 3.81. The van der Waals surface area contributed by atoms with Crippen LogP contribution in [0.3, 0.4) is 0 Å². The second-order valence-electron chi connectivity index (χ2n) is 17.2. The number of rotatable bonds is 6. The molecule has 0 radical (unpaired) electrons. The quantitative estimate of drug-likeness (QED) is 0.317. The molecular weight excluding hydrogens is 617 g/mol. The van der Waals surface area contributed by atoms with Crippen LogP contribution in [0.2, 0.25) is 0 Å². The van der Waals surface area contributed by atoms with E-state index in [2.05, 4.69) is 108 Å². The monoisotopic (exact) mass is 666 g/mol. The fourth-order valence-electron chi connectivity index (χ4n) is 14.6. The zero-order chi connectivity index (χ0) is 33.6. The van der Waals surface area contributed by atoms with Crippen LogP contribution >= 0.6 is 0 Å². The van der Waals surface area contributed by atoms with Gasteiger partial charge in [-0.1, -0.05) is 61.7 Å². The molecule has 2 aliphatic carbocycles. The second-order valence-corrected chi connectivity index (χ2v) is 17.2. The minimum atomic E-state index is 0.0183. The Hall–Kier alpha value is -3.68. The van der Waals surface area contributed by atoms with Gasteiger partial charge in [0.05, 0.1) is 62.3 Å². The van der Waals surface area contributed by atoms with Crippen molar-refractivity contribution in [3.05, 3.63) is 132 Å². The first-order valence-corrected chi connectivity index (χ1v) is 19.2. The minimum absolute atomic E-state index is 0.0183. The van der Waals surface area contributed by atoms with E-state index in [9.17, 15) is 10.2 Å². The smallest absolute Gasteiger partial charge is 0.103 e. The maximum Gasteiger partial charge on any atom is 0.103 e. The fraction of sp³-hybridized carbons (Fsp3) is 0.455. The van der Waals surface area contributed by atoms with Crippen molar-refractivity contribution in [2.45, 2.75) is 60.7 Å². The molecule has 4 saturated heterocycles. The molecule has 2 spiro atoms. The van der Waals surface area contributed by atoms with Crippen LogP contribution in [0.25, 0.3) is 0 Å². The summed E-state index contributed by atoms with van der Waals surface area (Å²) in [5, 5.41) is 20.9. The molecule has 6 nitrogen and oxygen atoms in total. The second kappa shape index (κ2) is 10.0. The van der Waals surface area contributed by atoms with Crippen molar-refractivity contribution in [3.63, 3.8) is 0 Å². The third-order valence-corrected chi connectivity index (χ3v) is 15.9.